The van der Waals surface area contributed by atoms with E-state index in [-0.39, 0.29) is 30.5 Å². The zero-order chi connectivity index (χ0) is 29.4. The zero-order valence-electron chi connectivity index (χ0n) is 21.7. The molecule has 0 aliphatic carbocycles. The Balaban J connectivity index is 1.27. The lowest BCUT2D eigenvalue weighted by Gasteiger charge is -2.16. The van der Waals surface area contributed by atoms with E-state index in [4.69, 9.17) is 5.41 Å². The first-order chi connectivity index (χ1) is 19.6. The average molecular weight is 590 g/mol. The molecule has 1 atom stereocenters. The highest BCUT2D eigenvalue weighted by Crippen LogP contribution is 2.33. The van der Waals surface area contributed by atoms with Crippen LogP contribution in [0, 0.1) is 5.41 Å². The molecule has 12 nitrogen and oxygen atoms in total. The highest BCUT2D eigenvalue weighted by atomic mass is 32.1. The summed E-state index contributed by atoms with van der Waals surface area (Å²) in [6.07, 6.45) is -1.47. The number of hydrogen-bond donors (Lipinski definition) is 4. The number of nitrogens with zero attached hydrogens (tertiary/aromatic N) is 5. The van der Waals surface area contributed by atoms with Crippen molar-refractivity contribution in [3.63, 3.8) is 0 Å². The van der Waals surface area contributed by atoms with Gasteiger partial charge in [-0.05, 0) is 41.8 Å². The van der Waals surface area contributed by atoms with Gasteiger partial charge in [0.1, 0.15) is 10.8 Å². The molecule has 1 aromatic carbocycles. The summed E-state index contributed by atoms with van der Waals surface area (Å²) in [6.45, 7) is 1.31. The maximum absolute atomic E-state index is 12.4. The Bertz CT molecular complexity index is 1410. The molecule has 1 aliphatic rings. The first-order valence-corrected chi connectivity index (χ1v) is 13.2. The van der Waals surface area contributed by atoms with E-state index >= 15 is 0 Å². The second kappa shape index (κ2) is 13.2. The van der Waals surface area contributed by atoms with Gasteiger partial charge in [0.25, 0.3) is 0 Å². The summed E-state index contributed by atoms with van der Waals surface area (Å²) in [5.74, 6) is -0.271. The molecule has 41 heavy (non-hydrogen) atoms. The monoisotopic (exact) mass is 589 g/mol. The Kier molecular flexibility index (Phi) is 9.44. The van der Waals surface area contributed by atoms with Crippen LogP contribution in [0.25, 0.3) is 0 Å². The van der Waals surface area contributed by atoms with E-state index in [9.17, 15) is 22.8 Å². The number of hydrogen-bond acceptors (Lipinski definition) is 11. The number of nitrogens with one attached hydrogen (secondary N) is 4. The van der Waals surface area contributed by atoms with Crippen molar-refractivity contribution in [2.75, 3.05) is 35.7 Å². The van der Waals surface area contributed by atoms with Crippen molar-refractivity contribution < 1.29 is 27.5 Å². The number of aromatic nitrogens is 4. The van der Waals surface area contributed by atoms with Gasteiger partial charge in [-0.25, -0.2) is 0 Å². The standard InChI is InChI=1S/C25H26F3N9O3S/c1-30-13-16(12-29)11-22(39)32-24-36-35-23(41-24)17-7-8-37(14-17)20-6-5-19(33-34-20)31-21(38)10-15-3-2-4-18(9-15)40-25(26,27)28/h2-6,9,12-13,17,29-30H,7-8,10-11,14H2,1H3,(H,31,33,38)(H,32,36,39)/b16-13-,29-12?. The number of ether oxygens (including phenoxy) is 1. The summed E-state index contributed by atoms with van der Waals surface area (Å²) >= 11 is 1.30. The number of alkyl halides is 3. The third kappa shape index (κ3) is 8.69. The van der Waals surface area contributed by atoms with Gasteiger partial charge in [0.15, 0.2) is 11.6 Å². The van der Waals surface area contributed by atoms with Crippen molar-refractivity contribution in [1.82, 2.24) is 25.7 Å². The molecule has 216 valence electrons. The number of carbonyl (C=O) groups is 2. The molecule has 4 N–H and O–H groups in total. The van der Waals surface area contributed by atoms with Crippen LogP contribution >= 0.6 is 11.3 Å². The SMILES string of the molecule is CN/C=C(\C=N)CC(=O)Nc1nnc(C2CCN(c3ccc(NC(=O)Cc4cccc(OC(F)(F)F)c4)nn3)C2)s1. The van der Waals surface area contributed by atoms with Crippen molar-refractivity contribution in [3.05, 3.63) is 58.7 Å². The smallest absolute Gasteiger partial charge is 0.406 e. The topological polar surface area (TPSA) is 158 Å². The maximum atomic E-state index is 12.4. The number of rotatable bonds is 11. The van der Waals surface area contributed by atoms with E-state index in [0.717, 1.165) is 29.8 Å². The molecule has 0 radical (unpaired) electrons. The molecule has 1 unspecified atom stereocenters. The fourth-order valence-corrected chi connectivity index (χ4v) is 4.97. The van der Waals surface area contributed by atoms with Crippen molar-refractivity contribution in [2.24, 2.45) is 0 Å². The summed E-state index contributed by atoms with van der Waals surface area (Å²) in [6, 6.07) is 8.52. The van der Waals surface area contributed by atoms with Gasteiger partial charge >= 0.3 is 6.36 Å². The van der Waals surface area contributed by atoms with Crippen LogP contribution in [0.2, 0.25) is 0 Å². The molecule has 2 amide bonds. The maximum Gasteiger partial charge on any atom is 0.573 e. The normalized spacial score (nSPS) is 15.4. The molecular formula is C25H26F3N9O3S. The van der Waals surface area contributed by atoms with Crippen LogP contribution in [0.3, 0.4) is 0 Å². The summed E-state index contributed by atoms with van der Waals surface area (Å²) in [7, 11) is 1.69. The molecule has 1 aliphatic heterocycles. The number of benzene rings is 1. The Morgan fingerprint density at radius 2 is 1.98 bits per heavy atom. The average Bonchev–Trinajstić information content (AvgIpc) is 3.58. The fourth-order valence-electron chi connectivity index (χ4n) is 4.08. The van der Waals surface area contributed by atoms with Gasteiger partial charge in [0, 0.05) is 38.5 Å². The van der Waals surface area contributed by atoms with Crippen molar-refractivity contribution in [2.45, 2.75) is 31.5 Å². The number of carbonyl (C=O) groups excluding carboxylic acids is 2. The molecule has 0 saturated carbocycles. The predicted molar refractivity (Wildman–Crippen MR) is 146 cm³/mol. The summed E-state index contributed by atoms with van der Waals surface area (Å²) in [5, 5.41) is 33.2. The molecule has 16 heteroatoms. The summed E-state index contributed by atoms with van der Waals surface area (Å²) in [5.41, 5.74) is 0.871. The van der Waals surface area contributed by atoms with Crippen LogP contribution in [0.5, 0.6) is 5.75 Å². The van der Waals surface area contributed by atoms with E-state index in [2.05, 4.69) is 41.1 Å². The lowest BCUT2D eigenvalue weighted by Crippen LogP contribution is -2.21. The molecule has 3 aromatic rings. The summed E-state index contributed by atoms with van der Waals surface area (Å²) in [4.78, 5) is 26.6. The Labute approximate surface area is 236 Å². The number of anilines is 3. The van der Waals surface area contributed by atoms with Crippen molar-refractivity contribution in [3.8, 4) is 5.75 Å². The van der Waals surface area contributed by atoms with Crippen LogP contribution in [-0.4, -0.2) is 64.9 Å². The van der Waals surface area contributed by atoms with E-state index in [1.165, 1.54) is 23.5 Å². The lowest BCUT2D eigenvalue weighted by atomic mass is 10.1. The molecule has 0 spiro atoms. The quantitative estimate of drug-likeness (QED) is 0.246. The molecular weight excluding hydrogens is 563 g/mol. The minimum absolute atomic E-state index is 0.0374. The Hall–Kier alpha value is -4.60. The lowest BCUT2D eigenvalue weighted by molar-refractivity contribution is -0.274. The third-order valence-electron chi connectivity index (χ3n) is 5.84. The highest BCUT2D eigenvalue weighted by Gasteiger charge is 2.31. The van der Waals surface area contributed by atoms with Gasteiger partial charge in [0.2, 0.25) is 16.9 Å². The first-order valence-electron chi connectivity index (χ1n) is 12.3. The molecule has 0 bridgehead atoms. The van der Waals surface area contributed by atoms with Crippen molar-refractivity contribution >= 4 is 46.1 Å². The fraction of sp³-hybridized carbons (Fsp3) is 0.320. The van der Waals surface area contributed by atoms with Crippen LogP contribution in [0.15, 0.2) is 48.2 Å². The molecule has 1 saturated heterocycles. The predicted octanol–water partition coefficient (Wildman–Crippen LogP) is 3.48. The zero-order valence-corrected chi connectivity index (χ0v) is 22.6. The van der Waals surface area contributed by atoms with E-state index in [1.807, 2.05) is 4.90 Å². The Morgan fingerprint density at radius 3 is 2.68 bits per heavy atom. The van der Waals surface area contributed by atoms with Gasteiger partial charge in [-0.2, -0.15) is 0 Å². The second-order valence-electron chi connectivity index (χ2n) is 8.95. The molecule has 1 fully saturated rings. The molecule has 2 aromatic heterocycles. The van der Waals surface area contributed by atoms with Crippen LogP contribution in [0.4, 0.5) is 29.9 Å². The minimum Gasteiger partial charge on any atom is -0.406 e. The third-order valence-corrected chi connectivity index (χ3v) is 6.84. The minimum atomic E-state index is -4.82. The van der Waals surface area contributed by atoms with Crippen LogP contribution in [0.1, 0.15) is 29.3 Å². The second-order valence-corrected chi connectivity index (χ2v) is 9.96. The largest absolute Gasteiger partial charge is 0.573 e. The van der Waals surface area contributed by atoms with Crippen LogP contribution < -0.4 is 25.6 Å². The molecule has 3 heterocycles. The van der Waals surface area contributed by atoms with Crippen molar-refractivity contribution in [1.29, 1.82) is 5.41 Å². The van der Waals surface area contributed by atoms with Gasteiger partial charge in [-0.3, -0.25) is 9.59 Å². The summed E-state index contributed by atoms with van der Waals surface area (Å²) < 4.78 is 41.2. The van der Waals surface area contributed by atoms with E-state index in [0.29, 0.717) is 35.2 Å². The van der Waals surface area contributed by atoms with Gasteiger partial charge in [-0.1, -0.05) is 23.5 Å². The Morgan fingerprint density at radius 1 is 1.15 bits per heavy atom. The van der Waals surface area contributed by atoms with E-state index in [1.54, 1.807) is 25.4 Å². The van der Waals surface area contributed by atoms with Crippen LogP contribution in [-0.2, 0) is 16.0 Å². The number of halogens is 3. The van der Waals surface area contributed by atoms with Gasteiger partial charge < -0.3 is 31.0 Å². The van der Waals surface area contributed by atoms with Gasteiger partial charge in [-0.15, -0.1) is 33.6 Å². The first kappa shape index (κ1) is 29.4. The van der Waals surface area contributed by atoms with Gasteiger partial charge in [0.05, 0.1) is 12.8 Å². The molecule has 4 rings (SSSR count). The highest BCUT2D eigenvalue weighted by molar-refractivity contribution is 7.15. The van der Waals surface area contributed by atoms with E-state index < -0.39 is 18.0 Å². The number of amides is 2.